The number of pyridine rings is 1. The van der Waals surface area contributed by atoms with Gasteiger partial charge in [0.25, 0.3) is 0 Å². The minimum Gasteiger partial charge on any atom is -0.462 e. The zero-order valence-electron chi connectivity index (χ0n) is 17.4. The van der Waals surface area contributed by atoms with Gasteiger partial charge in [-0.05, 0) is 37.8 Å². The van der Waals surface area contributed by atoms with Crippen molar-refractivity contribution in [1.82, 2.24) is 9.88 Å². The maximum absolute atomic E-state index is 12.0. The van der Waals surface area contributed by atoms with E-state index in [1.165, 1.54) is 25.7 Å². The molecule has 0 amide bonds. The van der Waals surface area contributed by atoms with Crippen LogP contribution in [-0.2, 0) is 9.47 Å². The summed E-state index contributed by atoms with van der Waals surface area (Å²) in [5.41, 5.74) is 0.530. The number of unbranched alkanes of at least 4 members (excludes halogenated alkanes) is 2. The Balaban J connectivity index is 1.39. The molecule has 6 nitrogen and oxygen atoms in total. The maximum Gasteiger partial charge on any atom is 0.339 e. The number of nitrogens with zero attached hydrogens (tertiary/aromatic N) is 3. The molecule has 28 heavy (non-hydrogen) atoms. The Bertz CT molecular complexity index is 594. The SMILES string of the molecule is CCCCOC(=O)c1ccc(N2CCN(C3CC(OCCCC)C3)CC2)nc1. The van der Waals surface area contributed by atoms with Gasteiger partial charge >= 0.3 is 5.97 Å². The molecule has 0 N–H and O–H groups in total. The Labute approximate surface area is 169 Å². The van der Waals surface area contributed by atoms with E-state index in [1.54, 1.807) is 6.20 Å². The molecule has 0 bridgehead atoms. The van der Waals surface area contributed by atoms with E-state index in [4.69, 9.17) is 9.47 Å². The van der Waals surface area contributed by atoms with Crippen molar-refractivity contribution in [1.29, 1.82) is 0 Å². The number of piperazine rings is 1. The Morgan fingerprint density at radius 3 is 2.43 bits per heavy atom. The Morgan fingerprint density at radius 2 is 1.79 bits per heavy atom. The van der Waals surface area contributed by atoms with Crippen LogP contribution in [0.1, 0.15) is 62.7 Å². The van der Waals surface area contributed by atoms with Gasteiger partial charge in [-0.15, -0.1) is 0 Å². The summed E-state index contributed by atoms with van der Waals surface area (Å²) in [5, 5.41) is 0. The van der Waals surface area contributed by atoms with Gasteiger partial charge in [-0.3, -0.25) is 4.90 Å². The zero-order valence-corrected chi connectivity index (χ0v) is 17.4. The molecule has 1 saturated carbocycles. The average Bonchev–Trinajstić information content (AvgIpc) is 2.70. The predicted octanol–water partition coefficient (Wildman–Crippen LogP) is 3.51. The van der Waals surface area contributed by atoms with Crippen LogP contribution in [0.5, 0.6) is 0 Å². The third-order valence-electron chi connectivity index (χ3n) is 5.79. The topological polar surface area (TPSA) is 54.9 Å². The summed E-state index contributed by atoms with van der Waals surface area (Å²) >= 11 is 0. The van der Waals surface area contributed by atoms with Crippen molar-refractivity contribution in [2.24, 2.45) is 0 Å². The lowest BCUT2D eigenvalue weighted by Gasteiger charge is -2.46. The van der Waals surface area contributed by atoms with E-state index in [9.17, 15) is 4.79 Å². The number of ether oxygens (including phenoxy) is 2. The molecule has 2 heterocycles. The normalized spacial score (nSPS) is 22.7. The molecule has 156 valence electrons. The highest BCUT2D eigenvalue weighted by Gasteiger charge is 2.35. The number of carbonyl (C=O) groups is 1. The molecule has 2 aliphatic rings. The fourth-order valence-electron chi connectivity index (χ4n) is 3.77. The van der Waals surface area contributed by atoms with Gasteiger partial charge < -0.3 is 14.4 Å². The van der Waals surface area contributed by atoms with E-state index in [0.29, 0.717) is 24.3 Å². The summed E-state index contributed by atoms with van der Waals surface area (Å²) in [5.74, 6) is 0.664. The first-order chi connectivity index (χ1) is 13.7. The van der Waals surface area contributed by atoms with E-state index in [1.807, 2.05) is 12.1 Å². The minimum absolute atomic E-state index is 0.280. The minimum atomic E-state index is -0.280. The number of esters is 1. The summed E-state index contributed by atoms with van der Waals surface area (Å²) in [6, 6.07) is 4.45. The largest absolute Gasteiger partial charge is 0.462 e. The molecule has 0 aromatic carbocycles. The second-order valence-corrected chi connectivity index (χ2v) is 7.89. The van der Waals surface area contributed by atoms with E-state index < -0.39 is 0 Å². The summed E-state index contributed by atoms with van der Waals surface area (Å²) in [7, 11) is 0. The van der Waals surface area contributed by atoms with Crippen molar-refractivity contribution < 1.29 is 14.3 Å². The standard InChI is InChI=1S/C22H35N3O3/c1-3-5-13-27-20-15-19(16-20)24-9-11-25(12-10-24)21-8-7-18(17-23-21)22(26)28-14-6-4-2/h7-8,17,19-20H,3-6,9-16H2,1-2H3. The average molecular weight is 390 g/mol. The predicted molar refractivity (Wildman–Crippen MR) is 111 cm³/mol. The molecule has 0 atom stereocenters. The van der Waals surface area contributed by atoms with Gasteiger partial charge in [0.1, 0.15) is 5.82 Å². The number of aromatic nitrogens is 1. The second-order valence-electron chi connectivity index (χ2n) is 7.89. The number of carbonyl (C=O) groups excluding carboxylic acids is 1. The number of anilines is 1. The first kappa shape index (κ1) is 21.1. The number of hydrogen-bond acceptors (Lipinski definition) is 6. The van der Waals surface area contributed by atoms with Gasteiger partial charge in [0.05, 0.1) is 18.3 Å². The van der Waals surface area contributed by atoms with Crippen LogP contribution in [0.25, 0.3) is 0 Å². The van der Waals surface area contributed by atoms with Crippen LogP contribution < -0.4 is 4.90 Å². The third kappa shape index (κ3) is 5.67. The Kier molecular flexibility index (Phi) is 8.10. The summed E-state index contributed by atoms with van der Waals surface area (Å²) < 4.78 is 11.1. The van der Waals surface area contributed by atoms with Crippen molar-refractivity contribution in [3.05, 3.63) is 23.9 Å². The van der Waals surface area contributed by atoms with Gasteiger partial charge in [0, 0.05) is 45.0 Å². The van der Waals surface area contributed by atoms with Crippen LogP contribution >= 0.6 is 0 Å². The van der Waals surface area contributed by atoms with Crippen molar-refractivity contribution >= 4 is 11.8 Å². The van der Waals surface area contributed by atoms with Crippen molar-refractivity contribution in [2.75, 3.05) is 44.3 Å². The molecular weight excluding hydrogens is 354 g/mol. The van der Waals surface area contributed by atoms with Crippen LogP contribution in [0.4, 0.5) is 5.82 Å². The molecule has 2 fully saturated rings. The quantitative estimate of drug-likeness (QED) is 0.451. The molecule has 0 spiro atoms. The Hall–Kier alpha value is -1.66. The fraction of sp³-hybridized carbons (Fsp3) is 0.727. The molecule has 1 aromatic rings. The van der Waals surface area contributed by atoms with E-state index in [2.05, 4.69) is 28.6 Å². The maximum atomic E-state index is 12.0. The van der Waals surface area contributed by atoms with E-state index in [0.717, 1.165) is 51.4 Å². The van der Waals surface area contributed by atoms with Gasteiger partial charge in [0.15, 0.2) is 0 Å². The lowest BCUT2D eigenvalue weighted by Crippen LogP contribution is -2.55. The number of rotatable bonds is 10. The molecule has 1 saturated heterocycles. The van der Waals surface area contributed by atoms with Gasteiger partial charge in [-0.2, -0.15) is 0 Å². The molecular formula is C22H35N3O3. The lowest BCUT2D eigenvalue weighted by atomic mass is 9.87. The molecule has 6 heteroatoms. The molecule has 1 aromatic heterocycles. The smallest absolute Gasteiger partial charge is 0.339 e. The van der Waals surface area contributed by atoms with Crippen LogP contribution in [-0.4, -0.2) is 67.4 Å². The molecule has 1 aliphatic heterocycles. The van der Waals surface area contributed by atoms with Gasteiger partial charge in [-0.25, -0.2) is 9.78 Å². The van der Waals surface area contributed by atoms with E-state index >= 15 is 0 Å². The van der Waals surface area contributed by atoms with E-state index in [-0.39, 0.29) is 5.97 Å². The van der Waals surface area contributed by atoms with Gasteiger partial charge in [0.2, 0.25) is 0 Å². The first-order valence-corrected chi connectivity index (χ1v) is 10.9. The monoisotopic (exact) mass is 389 g/mol. The highest BCUT2D eigenvalue weighted by atomic mass is 16.5. The lowest BCUT2D eigenvalue weighted by molar-refractivity contribution is -0.0526. The summed E-state index contributed by atoms with van der Waals surface area (Å²) in [6.45, 7) is 9.75. The Morgan fingerprint density at radius 1 is 1.07 bits per heavy atom. The summed E-state index contributed by atoms with van der Waals surface area (Å²) in [4.78, 5) is 21.4. The molecule has 3 rings (SSSR count). The van der Waals surface area contributed by atoms with Crippen molar-refractivity contribution in [2.45, 2.75) is 64.5 Å². The van der Waals surface area contributed by atoms with Crippen LogP contribution in [0.2, 0.25) is 0 Å². The molecule has 0 radical (unpaired) electrons. The van der Waals surface area contributed by atoms with Crippen molar-refractivity contribution in [3.8, 4) is 0 Å². The van der Waals surface area contributed by atoms with Gasteiger partial charge in [-0.1, -0.05) is 26.7 Å². The van der Waals surface area contributed by atoms with Crippen LogP contribution in [0, 0.1) is 0 Å². The second kappa shape index (κ2) is 10.8. The highest BCUT2D eigenvalue weighted by Crippen LogP contribution is 2.29. The third-order valence-corrected chi connectivity index (χ3v) is 5.79. The molecule has 0 unspecified atom stereocenters. The highest BCUT2D eigenvalue weighted by molar-refractivity contribution is 5.89. The number of hydrogen-bond donors (Lipinski definition) is 0. The van der Waals surface area contributed by atoms with Crippen LogP contribution in [0.3, 0.4) is 0 Å². The zero-order chi connectivity index (χ0) is 19.8. The van der Waals surface area contributed by atoms with Crippen molar-refractivity contribution in [3.63, 3.8) is 0 Å². The fourth-order valence-corrected chi connectivity index (χ4v) is 3.77. The first-order valence-electron chi connectivity index (χ1n) is 10.9. The molecule has 1 aliphatic carbocycles. The van der Waals surface area contributed by atoms with Crippen LogP contribution in [0.15, 0.2) is 18.3 Å². The summed E-state index contributed by atoms with van der Waals surface area (Å²) in [6.07, 6.45) is 8.75.